The van der Waals surface area contributed by atoms with Crippen molar-refractivity contribution in [2.75, 3.05) is 26.7 Å². The van der Waals surface area contributed by atoms with Crippen molar-refractivity contribution in [1.29, 1.82) is 0 Å². The standard InChI is InChI=1S/C15H21FN4/c1-3-4-5-19(2)11-15-6-14(16)10-20(15)9-13-7-17-12-18-8-13/h7-8,12,14-15H,5-6,9-11H2,1-2H3/t14-,15-/m0/s1. The minimum atomic E-state index is -0.740. The van der Waals surface area contributed by atoms with Crippen LogP contribution in [-0.2, 0) is 6.54 Å². The fraction of sp³-hybridized carbons (Fsp3) is 0.600. The summed E-state index contributed by atoms with van der Waals surface area (Å²) in [5.41, 5.74) is 1.03. The van der Waals surface area contributed by atoms with Gasteiger partial charge < -0.3 is 0 Å². The highest BCUT2D eigenvalue weighted by Crippen LogP contribution is 2.22. The summed E-state index contributed by atoms with van der Waals surface area (Å²) in [6, 6.07) is 0.230. The fourth-order valence-corrected chi connectivity index (χ4v) is 2.59. The highest BCUT2D eigenvalue weighted by Gasteiger charge is 2.32. The third-order valence-corrected chi connectivity index (χ3v) is 3.52. The van der Waals surface area contributed by atoms with Crippen LogP contribution >= 0.6 is 0 Å². The lowest BCUT2D eigenvalue weighted by Gasteiger charge is -2.27. The number of hydrogen-bond acceptors (Lipinski definition) is 4. The van der Waals surface area contributed by atoms with E-state index in [9.17, 15) is 4.39 Å². The van der Waals surface area contributed by atoms with Gasteiger partial charge >= 0.3 is 0 Å². The first-order valence-electron chi connectivity index (χ1n) is 6.89. The van der Waals surface area contributed by atoms with Crippen LogP contribution in [0.5, 0.6) is 0 Å². The van der Waals surface area contributed by atoms with Gasteiger partial charge in [-0.3, -0.25) is 9.80 Å². The zero-order valence-corrected chi connectivity index (χ0v) is 12.1. The first-order valence-corrected chi connectivity index (χ1v) is 6.89. The van der Waals surface area contributed by atoms with Gasteiger partial charge in [-0.25, -0.2) is 14.4 Å². The fourth-order valence-electron chi connectivity index (χ4n) is 2.59. The Balaban J connectivity index is 1.93. The quantitative estimate of drug-likeness (QED) is 0.760. The van der Waals surface area contributed by atoms with Gasteiger partial charge in [0.2, 0.25) is 0 Å². The first-order chi connectivity index (χ1) is 9.69. The Morgan fingerprint density at radius 1 is 1.45 bits per heavy atom. The minimum Gasteiger partial charge on any atom is -0.294 e. The molecular weight excluding hydrogens is 255 g/mol. The largest absolute Gasteiger partial charge is 0.294 e. The highest BCUT2D eigenvalue weighted by molar-refractivity contribution is 5.04. The number of aromatic nitrogens is 2. The Morgan fingerprint density at radius 2 is 2.20 bits per heavy atom. The number of nitrogens with zero attached hydrogens (tertiary/aromatic N) is 4. The van der Waals surface area contributed by atoms with Crippen LogP contribution in [0.2, 0.25) is 0 Å². The Kier molecular flexibility index (Phi) is 5.45. The average molecular weight is 276 g/mol. The molecule has 0 spiro atoms. The molecule has 1 aromatic heterocycles. The van der Waals surface area contributed by atoms with Crippen LogP contribution in [0.1, 0.15) is 18.9 Å². The summed E-state index contributed by atoms with van der Waals surface area (Å²) < 4.78 is 13.7. The van der Waals surface area contributed by atoms with Crippen molar-refractivity contribution >= 4 is 0 Å². The van der Waals surface area contributed by atoms with Crippen molar-refractivity contribution in [2.24, 2.45) is 0 Å². The molecule has 5 heteroatoms. The molecule has 2 atom stereocenters. The molecule has 4 nitrogen and oxygen atoms in total. The molecule has 0 saturated carbocycles. The molecule has 1 saturated heterocycles. The Bertz CT molecular complexity index is 468. The maximum atomic E-state index is 13.7. The van der Waals surface area contributed by atoms with E-state index in [0.29, 0.717) is 19.5 Å². The summed E-state index contributed by atoms with van der Waals surface area (Å²) in [7, 11) is 2.03. The molecule has 0 radical (unpaired) electrons. The van der Waals surface area contributed by atoms with E-state index >= 15 is 0 Å². The number of likely N-dealkylation sites (tertiary alicyclic amines) is 1. The normalized spacial score (nSPS) is 22.8. The monoisotopic (exact) mass is 276 g/mol. The number of rotatable bonds is 5. The smallest absolute Gasteiger partial charge is 0.115 e. The predicted octanol–water partition coefficient (Wildman–Crippen LogP) is 1.34. The highest BCUT2D eigenvalue weighted by atomic mass is 19.1. The second-order valence-electron chi connectivity index (χ2n) is 5.29. The predicted molar refractivity (Wildman–Crippen MR) is 76.7 cm³/mol. The van der Waals surface area contributed by atoms with Crippen molar-refractivity contribution in [3.05, 3.63) is 24.3 Å². The molecule has 0 unspecified atom stereocenters. The van der Waals surface area contributed by atoms with Crippen LogP contribution in [0.25, 0.3) is 0 Å². The van der Waals surface area contributed by atoms with Crippen molar-refractivity contribution in [3.8, 4) is 11.8 Å². The molecule has 0 bridgehead atoms. The van der Waals surface area contributed by atoms with Crippen LogP contribution in [0.4, 0.5) is 4.39 Å². The minimum absolute atomic E-state index is 0.230. The maximum Gasteiger partial charge on any atom is 0.115 e. The lowest BCUT2D eigenvalue weighted by Crippen LogP contribution is -2.38. The molecule has 0 aromatic carbocycles. The van der Waals surface area contributed by atoms with Gasteiger partial charge in [0, 0.05) is 43.6 Å². The molecule has 0 amide bonds. The van der Waals surface area contributed by atoms with E-state index in [0.717, 1.165) is 18.7 Å². The van der Waals surface area contributed by atoms with Crippen molar-refractivity contribution in [2.45, 2.75) is 32.1 Å². The second kappa shape index (κ2) is 7.32. The molecule has 1 fully saturated rings. The number of alkyl halides is 1. The van der Waals surface area contributed by atoms with E-state index in [-0.39, 0.29) is 6.04 Å². The summed E-state index contributed by atoms with van der Waals surface area (Å²) in [5.74, 6) is 5.93. The molecule has 2 heterocycles. The topological polar surface area (TPSA) is 32.3 Å². The molecule has 1 aliphatic heterocycles. The summed E-state index contributed by atoms with van der Waals surface area (Å²) in [6.07, 6.45) is 4.96. The van der Waals surface area contributed by atoms with E-state index in [1.807, 2.05) is 14.0 Å². The number of hydrogen-bond donors (Lipinski definition) is 0. The lowest BCUT2D eigenvalue weighted by atomic mass is 10.2. The molecule has 1 aromatic rings. The summed E-state index contributed by atoms with van der Waals surface area (Å²) in [4.78, 5) is 12.4. The van der Waals surface area contributed by atoms with Gasteiger partial charge in [-0.2, -0.15) is 0 Å². The molecule has 0 N–H and O–H groups in total. The van der Waals surface area contributed by atoms with E-state index in [1.54, 1.807) is 12.4 Å². The van der Waals surface area contributed by atoms with Gasteiger partial charge in [0.15, 0.2) is 0 Å². The van der Waals surface area contributed by atoms with Gasteiger partial charge in [-0.15, -0.1) is 5.92 Å². The van der Waals surface area contributed by atoms with E-state index < -0.39 is 6.17 Å². The van der Waals surface area contributed by atoms with E-state index in [4.69, 9.17) is 0 Å². The average Bonchev–Trinajstić information content (AvgIpc) is 2.77. The number of halogens is 1. The number of likely N-dealkylation sites (N-methyl/N-ethyl adjacent to an activating group) is 1. The van der Waals surface area contributed by atoms with Gasteiger partial charge in [0.1, 0.15) is 12.5 Å². The molecule has 108 valence electrons. The summed E-state index contributed by atoms with van der Waals surface area (Å²) in [5, 5.41) is 0. The van der Waals surface area contributed by atoms with Crippen LogP contribution in [-0.4, -0.2) is 58.7 Å². The Labute approximate surface area is 120 Å². The van der Waals surface area contributed by atoms with Crippen molar-refractivity contribution in [1.82, 2.24) is 19.8 Å². The maximum absolute atomic E-state index is 13.7. The molecule has 1 aliphatic rings. The molecule has 0 aliphatic carbocycles. The SMILES string of the molecule is CC#CCN(C)C[C@@H]1C[C@H](F)CN1Cc1cncnc1. The van der Waals surface area contributed by atoms with Gasteiger partial charge in [-0.1, -0.05) is 5.92 Å². The van der Waals surface area contributed by atoms with Crippen LogP contribution in [0.15, 0.2) is 18.7 Å². The zero-order valence-electron chi connectivity index (χ0n) is 12.1. The van der Waals surface area contributed by atoms with Crippen molar-refractivity contribution in [3.63, 3.8) is 0 Å². The Hall–Kier alpha value is -1.51. The summed E-state index contributed by atoms with van der Waals surface area (Å²) >= 11 is 0. The Morgan fingerprint density at radius 3 is 2.90 bits per heavy atom. The summed E-state index contributed by atoms with van der Waals surface area (Å²) in [6.45, 7) is 4.60. The van der Waals surface area contributed by atoms with Gasteiger partial charge in [0.05, 0.1) is 6.54 Å². The zero-order chi connectivity index (χ0) is 14.4. The second-order valence-corrected chi connectivity index (χ2v) is 5.29. The first kappa shape index (κ1) is 14.9. The molecular formula is C15H21FN4. The van der Waals surface area contributed by atoms with E-state index in [1.165, 1.54) is 6.33 Å². The molecule has 2 rings (SSSR count). The lowest BCUT2D eigenvalue weighted by molar-refractivity contribution is 0.192. The van der Waals surface area contributed by atoms with Gasteiger partial charge in [-0.05, 0) is 20.4 Å². The van der Waals surface area contributed by atoms with Crippen LogP contribution in [0.3, 0.4) is 0 Å². The molecule has 20 heavy (non-hydrogen) atoms. The van der Waals surface area contributed by atoms with Crippen molar-refractivity contribution < 1.29 is 4.39 Å². The van der Waals surface area contributed by atoms with Crippen LogP contribution in [0, 0.1) is 11.8 Å². The third kappa shape index (κ3) is 4.26. The van der Waals surface area contributed by atoms with E-state index in [2.05, 4.69) is 31.6 Å². The van der Waals surface area contributed by atoms with Gasteiger partial charge in [0.25, 0.3) is 0 Å². The van der Waals surface area contributed by atoms with Crippen LogP contribution < -0.4 is 0 Å². The third-order valence-electron chi connectivity index (χ3n) is 3.52.